The van der Waals surface area contributed by atoms with Crippen molar-refractivity contribution in [2.75, 3.05) is 26.3 Å². The molecule has 2 rings (SSSR count). The molecule has 102 valence electrons. The number of nitrogens with zero attached hydrogens (tertiary/aromatic N) is 1. The van der Waals surface area contributed by atoms with Crippen LogP contribution in [0.25, 0.3) is 0 Å². The van der Waals surface area contributed by atoms with Gasteiger partial charge in [0.05, 0.1) is 12.8 Å². The van der Waals surface area contributed by atoms with E-state index in [1.165, 1.54) is 0 Å². The Kier molecular flexibility index (Phi) is 4.80. The zero-order valence-corrected chi connectivity index (χ0v) is 11.2. The van der Waals surface area contributed by atoms with Crippen LogP contribution in [0.2, 0.25) is 0 Å². The minimum atomic E-state index is 0.0675. The minimum Gasteiger partial charge on any atom is -0.468 e. The maximum atomic E-state index is 6.09. The fraction of sp³-hybridized carbons (Fsp3) is 0.714. The van der Waals surface area contributed by atoms with Crippen LogP contribution in [0.5, 0.6) is 0 Å². The minimum absolute atomic E-state index is 0.0675. The van der Waals surface area contributed by atoms with Crippen molar-refractivity contribution in [3.8, 4) is 0 Å². The second-order valence-corrected chi connectivity index (χ2v) is 4.99. The van der Waals surface area contributed by atoms with Gasteiger partial charge in [-0.15, -0.1) is 0 Å². The third-order valence-corrected chi connectivity index (χ3v) is 4.00. The molecule has 0 saturated carbocycles. The Bertz CT molecular complexity index is 330. The predicted molar refractivity (Wildman–Crippen MR) is 71.2 cm³/mol. The summed E-state index contributed by atoms with van der Waals surface area (Å²) in [5.41, 5.74) is 6.15. The summed E-state index contributed by atoms with van der Waals surface area (Å²) >= 11 is 0. The fourth-order valence-corrected chi connectivity index (χ4v) is 2.85. The topological polar surface area (TPSA) is 51.6 Å². The first-order valence-corrected chi connectivity index (χ1v) is 6.86. The van der Waals surface area contributed by atoms with Gasteiger partial charge in [-0.3, -0.25) is 4.90 Å². The molecule has 0 aliphatic carbocycles. The highest BCUT2D eigenvalue weighted by Gasteiger charge is 2.35. The quantitative estimate of drug-likeness (QED) is 0.871. The van der Waals surface area contributed by atoms with Gasteiger partial charge in [-0.2, -0.15) is 0 Å². The van der Waals surface area contributed by atoms with E-state index in [9.17, 15) is 0 Å². The molecule has 0 aromatic carbocycles. The first-order chi connectivity index (χ1) is 8.80. The normalized spacial score (nSPS) is 25.3. The van der Waals surface area contributed by atoms with Gasteiger partial charge in [0, 0.05) is 25.3 Å². The molecule has 18 heavy (non-hydrogen) atoms. The number of ether oxygens (including phenoxy) is 1. The van der Waals surface area contributed by atoms with Gasteiger partial charge in [-0.25, -0.2) is 0 Å². The molecule has 2 N–H and O–H groups in total. The smallest absolute Gasteiger partial charge is 0.117 e. The van der Waals surface area contributed by atoms with E-state index in [0.717, 1.165) is 51.3 Å². The summed E-state index contributed by atoms with van der Waals surface area (Å²) in [5.74, 6) is 1.01. The molecule has 4 nitrogen and oxygen atoms in total. The predicted octanol–water partition coefficient (Wildman–Crippen LogP) is 2.00. The molecule has 1 aromatic rings. The molecule has 0 spiro atoms. The van der Waals surface area contributed by atoms with Gasteiger partial charge in [0.25, 0.3) is 0 Å². The number of hydrogen-bond acceptors (Lipinski definition) is 4. The van der Waals surface area contributed by atoms with E-state index in [0.29, 0.717) is 6.54 Å². The lowest BCUT2D eigenvalue weighted by Crippen LogP contribution is -2.53. The maximum absolute atomic E-state index is 6.09. The van der Waals surface area contributed by atoms with Crippen LogP contribution in [0, 0.1) is 0 Å². The van der Waals surface area contributed by atoms with Crippen molar-refractivity contribution < 1.29 is 9.15 Å². The lowest BCUT2D eigenvalue weighted by Gasteiger charge is -2.42. The third kappa shape index (κ3) is 2.94. The third-order valence-electron chi connectivity index (χ3n) is 4.00. The first kappa shape index (κ1) is 13.6. The van der Waals surface area contributed by atoms with Gasteiger partial charge in [-0.1, -0.05) is 6.92 Å². The molecule has 1 aromatic heterocycles. The summed E-state index contributed by atoms with van der Waals surface area (Å²) < 4.78 is 11.0. The van der Waals surface area contributed by atoms with E-state index in [2.05, 4.69) is 11.8 Å². The van der Waals surface area contributed by atoms with Gasteiger partial charge in [0.2, 0.25) is 0 Å². The molecule has 1 aliphatic rings. The Morgan fingerprint density at radius 2 is 2.28 bits per heavy atom. The molecule has 1 aliphatic heterocycles. The zero-order valence-electron chi connectivity index (χ0n) is 11.2. The number of hydrogen-bond donors (Lipinski definition) is 1. The summed E-state index contributed by atoms with van der Waals surface area (Å²) in [7, 11) is 0. The molecule has 0 bridgehead atoms. The average Bonchev–Trinajstić information content (AvgIpc) is 2.79. The number of likely N-dealkylation sites (N-methyl/N-ethyl adjacent to an activating group) is 1. The van der Waals surface area contributed by atoms with Crippen molar-refractivity contribution in [3.63, 3.8) is 0 Å². The average molecular weight is 252 g/mol. The molecule has 4 heteroatoms. The van der Waals surface area contributed by atoms with E-state index in [4.69, 9.17) is 14.9 Å². The first-order valence-electron chi connectivity index (χ1n) is 6.86. The van der Waals surface area contributed by atoms with E-state index in [1.807, 2.05) is 12.1 Å². The Hall–Kier alpha value is -0.840. The van der Waals surface area contributed by atoms with E-state index >= 15 is 0 Å². The van der Waals surface area contributed by atoms with Crippen LogP contribution in [0.1, 0.15) is 31.9 Å². The van der Waals surface area contributed by atoms with Crippen LogP contribution < -0.4 is 5.73 Å². The highest BCUT2D eigenvalue weighted by molar-refractivity contribution is 5.01. The van der Waals surface area contributed by atoms with Crippen molar-refractivity contribution >= 4 is 0 Å². The van der Waals surface area contributed by atoms with Crippen LogP contribution in [0.15, 0.2) is 22.8 Å². The van der Waals surface area contributed by atoms with Crippen LogP contribution in [-0.2, 0) is 11.3 Å². The SMILES string of the molecule is CCN(Cc1ccco1)C1(CN)CCCOCC1. The van der Waals surface area contributed by atoms with Gasteiger partial charge in [0.15, 0.2) is 0 Å². The van der Waals surface area contributed by atoms with Gasteiger partial charge in [0.1, 0.15) is 5.76 Å². The molecule has 0 amide bonds. The van der Waals surface area contributed by atoms with Crippen LogP contribution >= 0.6 is 0 Å². The molecule has 1 unspecified atom stereocenters. The second-order valence-electron chi connectivity index (χ2n) is 4.99. The highest BCUT2D eigenvalue weighted by Crippen LogP contribution is 2.29. The van der Waals surface area contributed by atoms with Crippen molar-refractivity contribution in [1.82, 2.24) is 4.90 Å². The standard InChI is InChI=1S/C14H24N2O2/c1-2-16(11-13-5-3-9-18-13)14(12-15)6-4-8-17-10-7-14/h3,5,9H,2,4,6-8,10-12,15H2,1H3. The van der Waals surface area contributed by atoms with Crippen molar-refractivity contribution in [2.45, 2.75) is 38.3 Å². The number of rotatable bonds is 5. The van der Waals surface area contributed by atoms with Crippen molar-refractivity contribution in [2.24, 2.45) is 5.73 Å². The van der Waals surface area contributed by atoms with E-state index in [1.54, 1.807) is 6.26 Å². The monoisotopic (exact) mass is 252 g/mol. The Balaban J connectivity index is 2.11. The van der Waals surface area contributed by atoms with Crippen LogP contribution in [0.3, 0.4) is 0 Å². The molecule has 1 atom stereocenters. The molecular weight excluding hydrogens is 228 g/mol. The lowest BCUT2D eigenvalue weighted by atomic mass is 9.88. The van der Waals surface area contributed by atoms with Gasteiger partial charge >= 0.3 is 0 Å². The summed E-state index contributed by atoms with van der Waals surface area (Å²) in [5, 5.41) is 0. The zero-order chi connectivity index (χ0) is 12.8. The molecular formula is C14H24N2O2. The van der Waals surface area contributed by atoms with E-state index in [-0.39, 0.29) is 5.54 Å². The van der Waals surface area contributed by atoms with Crippen LogP contribution in [0.4, 0.5) is 0 Å². The Labute approximate surface area is 109 Å². The number of furan rings is 1. The molecule has 0 radical (unpaired) electrons. The van der Waals surface area contributed by atoms with Gasteiger partial charge in [-0.05, 0) is 37.9 Å². The number of nitrogens with two attached hydrogens (primary N) is 1. The highest BCUT2D eigenvalue weighted by atomic mass is 16.5. The Morgan fingerprint density at radius 1 is 1.39 bits per heavy atom. The second kappa shape index (κ2) is 6.36. The van der Waals surface area contributed by atoms with E-state index < -0.39 is 0 Å². The van der Waals surface area contributed by atoms with Crippen molar-refractivity contribution in [3.05, 3.63) is 24.2 Å². The maximum Gasteiger partial charge on any atom is 0.117 e. The van der Waals surface area contributed by atoms with Crippen LogP contribution in [-0.4, -0.2) is 36.7 Å². The molecule has 1 fully saturated rings. The summed E-state index contributed by atoms with van der Waals surface area (Å²) in [6, 6.07) is 3.97. The molecule has 1 saturated heterocycles. The van der Waals surface area contributed by atoms with Crippen molar-refractivity contribution in [1.29, 1.82) is 0 Å². The van der Waals surface area contributed by atoms with Gasteiger partial charge < -0.3 is 14.9 Å². The molecule has 2 heterocycles. The summed E-state index contributed by atoms with van der Waals surface area (Å²) in [4.78, 5) is 2.44. The fourth-order valence-electron chi connectivity index (χ4n) is 2.85. The largest absolute Gasteiger partial charge is 0.468 e. The summed E-state index contributed by atoms with van der Waals surface area (Å²) in [6.45, 7) is 6.36. The lowest BCUT2D eigenvalue weighted by molar-refractivity contribution is 0.0592. The summed E-state index contributed by atoms with van der Waals surface area (Å²) in [6.07, 6.45) is 4.94. The Morgan fingerprint density at radius 3 is 2.94 bits per heavy atom.